The molecule has 0 fully saturated rings. The van der Waals surface area contributed by atoms with E-state index < -0.39 is 5.63 Å². The predicted molar refractivity (Wildman–Crippen MR) is 111 cm³/mol. The molecular weight excluding hydrogens is 372 g/mol. The maximum absolute atomic E-state index is 12.7. The lowest BCUT2D eigenvalue weighted by molar-refractivity contribution is 0.397. The van der Waals surface area contributed by atoms with Crippen molar-refractivity contribution in [2.75, 3.05) is 25.3 Å². The molecule has 0 amide bonds. The zero-order valence-electron chi connectivity index (χ0n) is 15.8. The first kappa shape index (κ1) is 18.3. The second-order valence-corrected chi connectivity index (χ2v) is 6.19. The van der Waals surface area contributed by atoms with Gasteiger partial charge in [-0.3, -0.25) is 0 Å². The van der Waals surface area contributed by atoms with Gasteiger partial charge in [-0.2, -0.15) is 4.98 Å². The molecule has 4 rings (SSSR count). The number of hydrogen-bond donors (Lipinski definition) is 2. The molecule has 0 radical (unpaired) electrons. The molecule has 8 nitrogen and oxygen atoms in total. The van der Waals surface area contributed by atoms with Crippen LogP contribution in [0.4, 0.5) is 17.3 Å². The number of nitrogens with one attached hydrogen (secondary N) is 1. The van der Waals surface area contributed by atoms with E-state index in [1.165, 1.54) is 14.2 Å². The van der Waals surface area contributed by atoms with E-state index in [1.54, 1.807) is 42.6 Å². The van der Waals surface area contributed by atoms with Gasteiger partial charge in [-0.1, -0.05) is 12.1 Å². The molecule has 0 aliphatic carbocycles. The zero-order valence-corrected chi connectivity index (χ0v) is 15.8. The minimum atomic E-state index is -0.561. The number of fused-ring (bicyclic) bond motifs is 1. The highest BCUT2D eigenvalue weighted by Gasteiger charge is 2.18. The van der Waals surface area contributed by atoms with Crippen molar-refractivity contribution < 1.29 is 13.9 Å². The van der Waals surface area contributed by atoms with E-state index in [2.05, 4.69) is 15.3 Å². The summed E-state index contributed by atoms with van der Waals surface area (Å²) in [5, 5.41) is 3.60. The molecule has 8 heteroatoms. The average Bonchev–Trinajstić information content (AvgIpc) is 2.72. The van der Waals surface area contributed by atoms with Crippen molar-refractivity contribution in [2.45, 2.75) is 0 Å². The quantitative estimate of drug-likeness (QED) is 0.497. The Hall–Kier alpha value is -4.07. The summed E-state index contributed by atoms with van der Waals surface area (Å²) < 4.78 is 16.3. The molecule has 146 valence electrons. The molecule has 0 atom stereocenters. The molecule has 2 aromatic heterocycles. The first-order valence-corrected chi connectivity index (χ1v) is 8.74. The Morgan fingerprint density at radius 3 is 2.45 bits per heavy atom. The molecule has 0 saturated carbocycles. The predicted octanol–water partition coefficient (Wildman–Crippen LogP) is 3.59. The summed E-state index contributed by atoms with van der Waals surface area (Å²) in [5.41, 5.74) is 7.52. The molecule has 0 saturated heterocycles. The summed E-state index contributed by atoms with van der Waals surface area (Å²) in [4.78, 5) is 21.3. The fourth-order valence-electron chi connectivity index (χ4n) is 3.01. The second kappa shape index (κ2) is 7.51. The number of anilines is 3. The molecule has 0 unspecified atom stereocenters. The molecule has 0 spiro atoms. The van der Waals surface area contributed by atoms with E-state index in [9.17, 15) is 4.79 Å². The lowest BCUT2D eigenvalue weighted by Gasteiger charge is -2.12. The van der Waals surface area contributed by atoms with E-state index in [-0.39, 0.29) is 11.7 Å². The van der Waals surface area contributed by atoms with Gasteiger partial charge in [0.2, 0.25) is 11.7 Å². The first-order chi connectivity index (χ1) is 14.1. The summed E-state index contributed by atoms with van der Waals surface area (Å²) in [7, 11) is 3.05. The number of nitrogens with zero attached hydrogens (tertiary/aromatic N) is 2. The molecule has 2 aromatic carbocycles. The van der Waals surface area contributed by atoms with Crippen LogP contribution >= 0.6 is 0 Å². The third-order valence-corrected chi connectivity index (χ3v) is 4.33. The number of rotatable bonds is 5. The van der Waals surface area contributed by atoms with Crippen molar-refractivity contribution in [1.82, 2.24) is 9.97 Å². The van der Waals surface area contributed by atoms with Crippen LogP contribution in [0.25, 0.3) is 22.2 Å². The number of hydrogen-bond acceptors (Lipinski definition) is 8. The number of aromatic nitrogens is 2. The highest BCUT2D eigenvalue weighted by molar-refractivity contribution is 5.83. The number of methoxy groups -OCH3 is 2. The number of benzene rings is 2. The first-order valence-electron chi connectivity index (χ1n) is 8.74. The smallest absolute Gasteiger partial charge is 0.345 e. The summed E-state index contributed by atoms with van der Waals surface area (Å²) >= 11 is 0. The number of ether oxygens (including phenoxy) is 2. The van der Waals surface area contributed by atoms with E-state index in [0.717, 1.165) is 5.69 Å². The van der Waals surface area contributed by atoms with Crippen molar-refractivity contribution in [3.05, 3.63) is 65.1 Å². The van der Waals surface area contributed by atoms with Gasteiger partial charge in [-0.05, 0) is 36.4 Å². The van der Waals surface area contributed by atoms with Crippen molar-refractivity contribution in [3.8, 4) is 22.6 Å². The number of nitrogens with two attached hydrogens (primary N) is 1. The maximum atomic E-state index is 12.7. The highest BCUT2D eigenvalue weighted by Crippen LogP contribution is 2.37. The molecule has 3 N–H and O–H groups in total. The Balaban J connectivity index is 1.79. The Morgan fingerprint density at radius 2 is 1.76 bits per heavy atom. The molecule has 2 heterocycles. The molecule has 4 aromatic rings. The van der Waals surface area contributed by atoms with Crippen molar-refractivity contribution >= 4 is 28.4 Å². The second-order valence-electron chi connectivity index (χ2n) is 6.19. The van der Waals surface area contributed by atoms with Gasteiger partial charge < -0.3 is 24.9 Å². The van der Waals surface area contributed by atoms with Gasteiger partial charge in [0.1, 0.15) is 11.5 Å². The molecular formula is C21H18N4O4. The van der Waals surface area contributed by atoms with Gasteiger partial charge in [0.15, 0.2) is 0 Å². The van der Waals surface area contributed by atoms with Crippen LogP contribution in [0, 0.1) is 0 Å². The lowest BCUT2D eigenvalue weighted by atomic mass is 10.0. The maximum Gasteiger partial charge on any atom is 0.345 e. The lowest BCUT2D eigenvalue weighted by Crippen LogP contribution is -2.07. The minimum Gasteiger partial charge on any atom is -0.496 e. The van der Waals surface area contributed by atoms with Crippen LogP contribution in [0.2, 0.25) is 0 Å². The zero-order chi connectivity index (χ0) is 20.4. The molecule has 0 aliphatic rings. The van der Waals surface area contributed by atoms with E-state index in [1.807, 2.05) is 12.1 Å². The average molecular weight is 390 g/mol. The van der Waals surface area contributed by atoms with Crippen LogP contribution in [-0.4, -0.2) is 24.2 Å². The van der Waals surface area contributed by atoms with Crippen LogP contribution in [0.1, 0.15) is 0 Å². The topological polar surface area (TPSA) is 112 Å². The fraction of sp³-hybridized carbons (Fsp3) is 0.0952. The van der Waals surface area contributed by atoms with Crippen molar-refractivity contribution in [1.29, 1.82) is 0 Å². The fourth-order valence-corrected chi connectivity index (χ4v) is 3.01. The summed E-state index contributed by atoms with van der Waals surface area (Å²) in [6.07, 6.45) is 1.57. The van der Waals surface area contributed by atoms with Crippen molar-refractivity contribution in [2.24, 2.45) is 0 Å². The van der Waals surface area contributed by atoms with E-state index in [0.29, 0.717) is 33.7 Å². The van der Waals surface area contributed by atoms with Crippen LogP contribution in [0.15, 0.2) is 63.9 Å². The summed E-state index contributed by atoms with van der Waals surface area (Å²) in [6, 6.07) is 14.1. The van der Waals surface area contributed by atoms with Gasteiger partial charge in [0.25, 0.3) is 0 Å². The molecule has 0 aliphatic heterocycles. The Bertz CT molecular complexity index is 1230. The highest BCUT2D eigenvalue weighted by atomic mass is 16.5. The molecule has 0 bridgehead atoms. The van der Waals surface area contributed by atoms with Crippen LogP contribution in [-0.2, 0) is 0 Å². The van der Waals surface area contributed by atoms with Gasteiger partial charge in [0, 0.05) is 17.6 Å². The third-order valence-electron chi connectivity index (χ3n) is 4.33. The normalized spacial score (nSPS) is 10.7. The summed E-state index contributed by atoms with van der Waals surface area (Å²) in [6.45, 7) is 0. The van der Waals surface area contributed by atoms with E-state index in [4.69, 9.17) is 19.6 Å². The Labute approximate surface area is 165 Å². The standard InChI is InChI=1S/C21H18N4O4/c1-27-16-7-4-8-17(28-2)18(16)15-9-12-11-23-21(25-19(12)29-20(15)26)24-14-6-3-5-13(22)10-14/h3-11H,22H2,1-2H3,(H,23,24,25). The number of nitrogen functional groups attached to an aromatic ring is 1. The third kappa shape index (κ3) is 3.55. The van der Waals surface area contributed by atoms with Crippen LogP contribution in [0.5, 0.6) is 11.5 Å². The van der Waals surface area contributed by atoms with Gasteiger partial charge in [0.05, 0.1) is 30.7 Å². The van der Waals surface area contributed by atoms with Crippen LogP contribution in [0.3, 0.4) is 0 Å². The largest absolute Gasteiger partial charge is 0.496 e. The Morgan fingerprint density at radius 1 is 1.03 bits per heavy atom. The SMILES string of the molecule is COc1cccc(OC)c1-c1cc2cnc(Nc3cccc(N)c3)nc2oc1=O. The minimum absolute atomic E-state index is 0.161. The Kier molecular flexibility index (Phi) is 4.74. The van der Waals surface area contributed by atoms with Gasteiger partial charge in [-0.25, -0.2) is 9.78 Å². The van der Waals surface area contributed by atoms with E-state index >= 15 is 0 Å². The van der Waals surface area contributed by atoms with Crippen molar-refractivity contribution in [3.63, 3.8) is 0 Å². The monoisotopic (exact) mass is 390 g/mol. The van der Waals surface area contributed by atoms with Gasteiger partial charge >= 0.3 is 5.63 Å². The summed E-state index contributed by atoms with van der Waals surface area (Å²) in [5.74, 6) is 1.28. The van der Waals surface area contributed by atoms with Crippen LogP contribution < -0.4 is 26.1 Å². The molecule has 29 heavy (non-hydrogen) atoms. The van der Waals surface area contributed by atoms with Gasteiger partial charge in [-0.15, -0.1) is 0 Å².